The third-order valence-corrected chi connectivity index (χ3v) is 5.73. The average molecular weight is 490 g/mol. The molecule has 192 valence electrons. The average Bonchev–Trinajstić information content (AvgIpc) is 2.97. The summed E-state index contributed by atoms with van der Waals surface area (Å²) < 4.78 is 30.2. The van der Waals surface area contributed by atoms with Gasteiger partial charge in [0, 0.05) is 45.9 Å². The topological polar surface area (TPSA) is 74.7 Å². The molecular formula is C26H36FN3O5. The number of aliphatic hydroxyl groups is 1. The quantitative estimate of drug-likeness (QED) is 0.517. The van der Waals surface area contributed by atoms with Gasteiger partial charge in [0.25, 0.3) is 0 Å². The molecule has 1 N–H and O–H groups in total. The second kappa shape index (κ2) is 12.8. The summed E-state index contributed by atoms with van der Waals surface area (Å²) in [7, 11) is 5.47. The van der Waals surface area contributed by atoms with Crippen LogP contribution in [0.1, 0.15) is 5.56 Å². The largest absolute Gasteiger partial charge is 0.492 e. The third kappa shape index (κ3) is 8.78. The summed E-state index contributed by atoms with van der Waals surface area (Å²) in [4.78, 5) is 18.3. The molecule has 0 aromatic heterocycles. The van der Waals surface area contributed by atoms with Crippen LogP contribution in [0.2, 0.25) is 0 Å². The van der Waals surface area contributed by atoms with E-state index in [4.69, 9.17) is 14.2 Å². The molecule has 8 nitrogen and oxygen atoms in total. The first-order valence-electron chi connectivity index (χ1n) is 11.7. The number of hydrogen-bond donors (Lipinski definition) is 1. The Labute approximate surface area is 206 Å². The Morgan fingerprint density at radius 1 is 1.09 bits per heavy atom. The van der Waals surface area contributed by atoms with E-state index in [1.165, 1.54) is 19.2 Å². The smallest absolute Gasteiger partial charge is 0.248 e. The van der Waals surface area contributed by atoms with Crippen LogP contribution in [0.15, 0.2) is 48.5 Å². The van der Waals surface area contributed by atoms with Crippen LogP contribution >= 0.6 is 0 Å². The Morgan fingerprint density at radius 2 is 1.83 bits per heavy atom. The second-order valence-corrected chi connectivity index (χ2v) is 9.23. The summed E-state index contributed by atoms with van der Waals surface area (Å²) in [6, 6.07) is 13.7. The normalized spacial score (nSPS) is 19.0. The molecule has 0 saturated carbocycles. The van der Waals surface area contributed by atoms with E-state index in [0.29, 0.717) is 32.0 Å². The van der Waals surface area contributed by atoms with Crippen molar-refractivity contribution in [3.05, 3.63) is 59.9 Å². The minimum atomic E-state index is -1.36. The van der Waals surface area contributed by atoms with Crippen LogP contribution in [-0.4, -0.2) is 105 Å². The molecule has 1 aliphatic heterocycles. The summed E-state index contributed by atoms with van der Waals surface area (Å²) in [6.45, 7) is 3.23. The molecule has 2 aromatic rings. The lowest BCUT2D eigenvalue weighted by Crippen LogP contribution is -2.52. The van der Waals surface area contributed by atoms with Gasteiger partial charge in [0.1, 0.15) is 42.7 Å². The lowest BCUT2D eigenvalue weighted by molar-refractivity contribution is -0.138. The van der Waals surface area contributed by atoms with Crippen molar-refractivity contribution in [1.82, 2.24) is 14.7 Å². The maximum Gasteiger partial charge on any atom is 0.248 e. The van der Waals surface area contributed by atoms with E-state index in [9.17, 15) is 14.3 Å². The van der Waals surface area contributed by atoms with Gasteiger partial charge in [-0.25, -0.2) is 4.39 Å². The summed E-state index contributed by atoms with van der Waals surface area (Å²) in [5.41, 5.74) is -0.316. The highest BCUT2D eigenvalue weighted by molar-refractivity contribution is 5.77. The van der Waals surface area contributed by atoms with Gasteiger partial charge in [-0.1, -0.05) is 18.2 Å². The minimum absolute atomic E-state index is 0.0623. The Balaban J connectivity index is 1.71. The van der Waals surface area contributed by atoms with Crippen molar-refractivity contribution >= 4 is 5.91 Å². The number of β-amino-alcohol motifs (C(OH)–C–C–N with tert-alkyl or cyclic N) is 1. The molecule has 0 aliphatic carbocycles. The van der Waals surface area contributed by atoms with E-state index < -0.39 is 11.4 Å². The highest BCUT2D eigenvalue weighted by atomic mass is 19.1. The molecule has 0 radical (unpaired) electrons. The van der Waals surface area contributed by atoms with E-state index >= 15 is 0 Å². The number of carbonyl (C=O) groups excluding carboxylic acids is 1. The zero-order valence-corrected chi connectivity index (χ0v) is 20.8. The summed E-state index contributed by atoms with van der Waals surface area (Å²) >= 11 is 0. The number of carbonyl (C=O) groups is 1. The molecule has 1 atom stereocenters. The van der Waals surface area contributed by atoms with Gasteiger partial charge in [0.15, 0.2) is 0 Å². The molecule has 1 saturated heterocycles. The standard InChI is InChI=1S/C26H36FN3O5/c1-28(2)12-13-34-23-8-4-6-21(14-23)16-29-10-11-30(25(31)17-33-3)19-26(32,18-29)20-35-24-9-5-7-22(27)15-24/h4-9,14-15,32H,10-13,16-20H2,1-3H3/t26-/m0/s1. The van der Waals surface area contributed by atoms with Gasteiger partial charge in [-0.15, -0.1) is 0 Å². The van der Waals surface area contributed by atoms with Crippen molar-refractivity contribution in [2.24, 2.45) is 0 Å². The number of likely N-dealkylation sites (N-methyl/N-ethyl adjacent to an activating group) is 1. The molecule has 0 spiro atoms. The number of methoxy groups -OCH3 is 1. The molecule has 1 heterocycles. The van der Waals surface area contributed by atoms with Crippen LogP contribution in [0, 0.1) is 5.82 Å². The lowest BCUT2D eigenvalue weighted by atomic mass is 10.0. The second-order valence-electron chi connectivity index (χ2n) is 9.23. The predicted octanol–water partition coefficient (Wildman–Crippen LogP) is 1.87. The molecule has 1 amide bonds. The van der Waals surface area contributed by atoms with Crippen LogP contribution in [0.5, 0.6) is 11.5 Å². The highest BCUT2D eigenvalue weighted by Gasteiger charge is 2.37. The minimum Gasteiger partial charge on any atom is -0.492 e. The lowest BCUT2D eigenvalue weighted by Gasteiger charge is -2.33. The predicted molar refractivity (Wildman–Crippen MR) is 131 cm³/mol. The van der Waals surface area contributed by atoms with Crippen LogP contribution in [0.25, 0.3) is 0 Å². The number of hydrogen-bond acceptors (Lipinski definition) is 7. The SMILES string of the molecule is COCC(=O)N1CCN(Cc2cccc(OCCN(C)C)c2)C[C@@](O)(COc2cccc(F)c2)C1. The van der Waals surface area contributed by atoms with Gasteiger partial charge in [-0.3, -0.25) is 9.69 Å². The molecule has 0 unspecified atom stereocenters. The van der Waals surface area contributed by atoms with Crippen molar-refractivity contribution < 1.29 is 28.5 Å². The zero-order chi connectivity index (χ0) is 25.3. The molecule has 9 heteroatoms. The van der Waals surface area contributed by atoms with Gasteiger partial charge >= 0.3 is 0 Å². The van der Waals surface area contributed by atoms with Crippen LogP contribution in [-0.2, 0) is 16.1 Å². The number of amides is 1. The first kappa shape index (κ1) is 26.9. The number of benzene rings is 2. The van der Waals surface area contributed by atoms with Crippen molar-refractivity contribution in [2.45, 2.75) is 12.1 Å². The van der Waals surface area contributed by atoms with Crippen LogP contribution in [0.4, 0.5) is 4.39 Å². The maximum absolute atomic E-state index is 13.6. The summed E-state index contributed by atoms with van der Waals surface area (Å²) in [6.07, 6.45) is 0. The summed E-state index contributed by atoms with van der Waals surface area (Å²) in [5.74, 6) is 0.503. The first-order valence-corrected chi connectivity index (χ1v) is 11.7. The molecule has 35 heavy (non-hydrogen) atoms. The number of ether oxygens (including phenoxy) is 3. The molecular weight excluding hydrogens is 453 g/mol. The molecule has 0 bridgehead atoms. The number of halogens is 1. The molecule has 2 aromatic carbocycles. The number of nitrogens with zero attached hydrogens (tertiary/aromatic N) is 3. The van der Waals surface area contributed by atoms with Crippen LogP contribution in [0.3, 0.4) is 0 Å². The Bertz CT molecular complexity index is 960. The van der Waals surface area contributed by atoms with Crippen molar-refractivity contribution in [3.63, 3.8) is 0 Å². The van der Waals surface area contributed by atoms with E-state index in [2.05, 4.69) is 9.80 Å². The molecule has 3 rings (SSSR count). The number of rotatable bonds is 11. The van der Waals surface area contributed by atoms with Crippen molar-refractivity contribution in [2.75, 3.05) is 73.7 Å². The molecule has 1 aliphatic rings. The zero-order valence-electron chi connectivity index (χ0n) is 20.8. The van der Waals surface area contributed by atoms with E-state index in [0.717, 1.165) is 17.9 Å². The van der Waals surface area contributed by atoms with Crippen LogP contribution < -0.4 is 9.47 Å². The van der Waals surface area contributed by atoms with Gasteiger partial charge in [-0.05, 0) is 43.9 Å². The Morgan fingerprint density at radius 3 is 2.54 bits per heavy atom. The van der Waals surface area contributed by atoms with Crippen molar-refractivity contribution in [3.8, 4) is 11.5 Å². The fourth-order valence-electron chi connectivity index (χ4n) is 4.01. The van der Waals surface area contributed by atoms with Gasteiger partial charge in [-0.2, -0.15) is 0 Å². The Hall–Kier alpha value is -2.72. The van der Waals surface area contributed by atoms with E-state index in [1.807, 2.05) is 38.4 Å². The van der Waals surface area contributed by atoms with E-state index in [1.54, 1.807) is 17.0 Å². The van der Waals surface area contributed by atoms with E-state index in [-0.39, 0.29) is 32.2 Å². The highest BCUT2D eigenvalue weighted by Crippen LogP contribution is 2.22. The summed E-state index contributed by atoms with van der Waals surface area (Å²) in [5, 5.41) is 11.5. The van der Waals surface area contributed by atoms with Gasteiger partial charge in [0.2, 0.25) is 5.91 Å². The monoisotopic (exact) mass is 489 g/mol. The fraction of sp³-hybridized carbons (Fsp3) is 0.500. The third-order valence-electron chi connectivity index (χ3n) is 5.73. The van der Waals surface area contributed by atoms with Gasteiger partial charge < -0.3 is 29.1 Å². The molecule has 1 fully saturated rings. The van der Waals surface area contributed by atoms with Gasteiger partial charge in [0.05, 0.1) is 6.54 Å². The fourth-order valence-corrected chi connectivity index (χ4v) is 4.01. The Kier molecular flexibility index (Phi) is 9.85. The van der Waals surface area contributed by atoms with Crippen molar-refractivity contribution in [1.29, 1.82) is 0 Å². The maximum atomic E-state index is 13.6. The first-order chi connectivity index (χ1) is 16.8.